The van der Waals surface area contributed by atoms with E-state index in [0.717, 1.165) is 22.4 Å². The van der Waals surface area contributed by atoms with Crippen LogP contribution in [0, 0.1) is 13.8 Å². The van der Waals surface area contributed by atoms with Crippen molar-refractivity contribution in [2.75, 3.05) is 5.32 Å². The third-order valence-electron chi connectivity index (χ3n) is 5.69. The third-order valence-corrected chi connectivity index (χ3v) is 6.86. The van der Waals surface area contributed by atoms with Gasteiger partial charge >= 0.3 is 0 Å². The summed E-state index contributed by atoms with van der Waals surface area (Å²) in [7, 11) is 0. The molecule has 1 N–H and O–H groups in total. The van der Waals surface area contributed by atoms with Gasteiger partial charge in [0.1, 0.15) is 5.25 Å². The van der Waals surface area contributed by atoms with Crippen molar-refractivity contribution in [1.29, 1.82) is 0 Å². The Morgan fingerprint density at radius 1 is 0.914 bits per heavy atom. The summed E-state index contributed by atoms with van der Waals surface area (Å²) in [5.74, 6) is -0.438. The molecule has 4 rings (SSSR count). The summed E-state index contributed by atoms with van der Waals surface area (Å²) in [6.45, 7) is 5.92. The zero-order valence-corrected chi connectivity index (χ0v) is 20.8. The van der Waals surface area contributed by atoms with Crippen LogP contribution < -0.4 is 5.32 Å². The van der Waals surface area contributed by atoms with Gasteiger partial charge in [-0.25, -0.2) is 4.99 Å². The number of amidine groups is 1. The van der Waals surface area contributed by atoms with E-state index < -0.39 is 5.25 Å². The van der Waals surface area contributed by atoms with Gasteiger partial charge in [-0.3, -0.25) is 19.3 Å². The number of carbonyl (C=O) groups excluding carboxylic acids is 3. The lowest BCUT2D eigenvalue weighted by Gasteiger charge is -2.17. The minimum atomic E-state index is -0.568. The number of nitrogens with zero attached hydrogens (tertiary/aromatic N) is 2. The summed E-state index contributed by atoms with van der Waals surface area (Å²) < 4.78 is 0. The van der Waals surface area contributed by atoms with Gasteiger partial charge in [0.2, 0.25) is 11.8 Å². The van der Waals surface area contributed by atoms with E-state index >= 15 is 0 Å². The van der Waals surface area contributed by atoms with Crippen molar-refractivity contribution in [1.82, 2.24) is 4.90 Å². The summed E-state index contributed by atoms with van der Waals surface area (Å²) in [4.78, 5) is 43.9. The van der Waals surface area contributed by atoms with Gasteiger partial charge < -0.3 is 5.32 Å². The molecule has 1 fully saturated rings. The molecule has 178 valence electrons. The van der Waals surface area contributed by atoms with Crippen LogP contribution in [0.5, 0.6) is 0 Å². The van der Waals surface area contributed by atoms with Crippen LogP contribution in [0.3, 0.4) is 0 Å². The fraction of sp³-hybridized carbons (Fsp3) is 0.214. The van der Waals surface area contributed by atoms with Crippen molar-refractivity contribution in [3.63, 3.8) is 0 Å². The van der Waals surface area contributed by atoms with Crippen molar-refractivity contribution in [3.05, 3.63) is 95.1 Å². The van der Waals surface area contributed by atoms with E-state index in [4.69, 9.17) is 4.99 Å². The molecule has 6 nitrogen and oxygen atoms in total. The summed E-state index contributed by atoms with van der Waals surface area (Å²) in [6, 6.07) is 22.5. The first-order valence-electron chi connectivity index (χ1n) is 11.4. The Hall–Kier alpha value is -3.71. The third kappa shape index (κ3) is 6.25. The predicted octanol–water partition coefficient (Wildman–Crippen LogP) is 5.67. The first kappa shape index (κ1) is 24.4. The summed E-state index contributed by atoms with van der Waals surface area (Å²) >= 11 is 1.31. The Bertz CT molecular complexity index is 1270. The molecule has 0 saturated carbocycles. The minimum absolute atomic E-state index is 0.0231. The molecule has 0 aromatic heterocycles. The molecule has 0 spiro atoms. The van der Waals surface area contributed by atoms with Crippen LogP contribution in [0.25, 0.3) is 0 Å². The molecule has 0 radical (unpaired) electrons. The predicted molar refractivity (Wildman–Crippen MR) is 141 cm³/mol. The number of ketones is 1. The van der Waals surface area contributed by atoms with E-state index in [1.807, 2.05) is 62.4 Å². The molecular formula is C28H27N3O3S. The Morgan fingerprint density at radius 3 is 2.11 bits per heavy atom. The molecule has 3 aromatic rings. The number of thioether (sulfide) groups is 1. The van der Waals surface area contributed by atoms with Crippen LogP contribution in [0.4, 0.5) is 11.4 Å². The van der Waals surface area contributed by atoms with Gasteiger partial charge in [0, 0.05) is 17.7 Å². The Kier molecular flexibility index (Phi) is 7.46. The first-order chi connectivity index (χ1) is 16.8. The smallest absolute Gasteiger partial charge is 0.242 e. The maximum atomic E-state index is 13.3. The van der Waals surface area contributed by atoms with Gasteiger partial charge in [-0.15, -0.1) is 0 Å². The van der Waals surface area contributed by atoms with Crippen molar-refractivity contribution < 1.29 is 14.4 Å². The number of carbonyl (C=O) groups is 3. The highest BCUT2D eigenvalue weighted by atomic mass is 32.2. The highest BCUT2D eigenvalue weighted by molar-refractivity contribution is 8.15. The van der Waals surface area contributed by atoms with E-state index in [1.165, 1.54) is 18.7 Å². The zero-order chi connectivity index (χ0) is 24.9. The van der Waals surface area contributed by atoms with Crippen molar-refractivity contribution in [3.8, 4) is 0 Å². The number of rotatable bonds is 7. The Balaban J connectivity index is 1.51. The van der Waals surface area contributed by atoms with Crippen molar-refractivity contribution in [2.45, 2.75) is 39.0 Å². The number of aliphatic imine (C=N–C) groups is 1. The van der Waals surface area contributed by atoms with Crippen molar-refractivity contribution >= 4 is 45.9 Å². The van der Waals surface area contributed by atoms with Crippen LogP contribution in [0.2, 0.25) is 0 Å². The van der Waals surface area contributed by atoms with Crippen LogP contribution in [-0.2, 0) is 16.1 Å². The molecule has 0 aliphatic carbocycles. The number of amides is 2. The highest BCUT2D eigenvalue weighted by Crippen LogP contribution is 2.33. The van der Waals surface area contributed by atoms with Crippen LogP contribution in [0.1, 0.15) is 40.4 Å². The van der Waals surface area contributed by atoms with E-state index in [-0.39, 0.29) is 24.0 Å². The van der Waals surface area contributed by atoms with Crippen LogP contribution in [0.15, 0.2) is 77.8 Å². The van der Waals surface area contributed by atoms with E-state index in [9.17, 15) is 14.4 Å². The Labute approximate surface area is 209 Å². The van der Waals surface area contributed by atoms with Gasteiger partial charge in [0.05, 0.1) is 12.2 Å². The highest BCUT2D eigenvalue weighted by Gasteiger charge is 2.39. The van der Waals surface area contributed by atoms with E-state index in [1.54, 1.807) is 29.2 Å². The average Bonchev–Trinajstić information content (AvgIpc) is 3.11. The first-order valence-corrected chi connectivity index (χ1v) is 12.3. The Morgan fingerprint density at radius 2 is 1.51 bits per heavy atom. The fourth-order valence-corrected chi connectivity index (χ4v) is 4.80. The van der Waals surface area contributed by atoms with Gasteiger partial charge in [-0.1, -0.05) is 59.3 Å². The number of nitrogens with one attached hydrogen (secondary N) is 1. The molecule has 1 saturated heterocycles. The molecule has 3 aromatic carbocycles. The van der Waals surface area contributed by atoms with E-state index in [2.05, 4.69) is 5.32 Å². The summed E-state index contributed by atoms with van der Waals surface area (Å²) in [5.41, 5.74) is 5.20. The largest absolute Gasteiger partial charge is 0.326 e. The second kappa shape index (κ2) is 10.7. The number of anilines is 1. The summed E-state index contributed by atoms with van der Waals surface area (Å²) in [5, 5.41) is 2.84. The molecule has 1 aliphatic rings. The minimum Gasteiger partial charge on any atom is -0.326 e. The molecule has 1 aliphatic heterocycles. The standard InChI is InChI=1S/C28H27N3O3S/c1-18-4-8-21(9-5-18)17-31-27(34)25(35-28(31)30-24-12-6-19(2)7-13-24)16-26(33)29-23-14-10-22(11-15-23)20(3)32/h4-15,25H,16-17H2,1-3H3,(H,29,33). The molecule has 0 bridgehead atoms. The average molecular weight is 486 g/mol. The van der Waals surface area contributed by atoms with E-state index in [0.29, 0.717) is 23.0 Å². The maximum Gasteiger partial charge on any atom is 0.242 e. The van der Waals surface area contributed by atoms with Gasteiger partial charge in [-0.2, -0.15) is 0 Å². The second-order valence-corrected chi connectivity index (χ2v) is 9.80. The lowest BCUT2D eigenvalue weighted by atomic mass is 10.1. The monoisotopic (exact) mass is 485 g/mol. The summed E-state index contributed by atoms with van der Waals surface area (Å²) in [6.07, 6.45) is 0.0231. The number of Topliss-reactive ketones (excluding diaryl/α,β-unsaturated/α-hetero) is 1. The lowest BCUT2D eigenvalue weighted by Crippen LogP contribution is -2.33. The SMILES string of the molecule is CC(=O)c1ccc(NC(=O)CC2SC(=Nc3ccc(C)cc3)N(Cc3ccc(C)cc3)C2=O)cc1. The topological polar surface area (TPSA) is 78.8 Å². The van der Waals surface area contributed by atoms with Gasteiger partial charge in [0.25, 0.3) is 0 Å². The number of hydrogen-bond acceptors (Lipinski definition) is 5. The molecule has 1 heterocycles. The zero-order valence-electron chi connectivity index (χ0n) is 19.9. The lowest BCUT2D eigenvalue weighted by molar-refractivity contribution is -0.128. The quantitative estimate of drug-likeness (QED) is 0.438. The molecule has 1 unspecified atom stereocenters. The second-order valence-electron chi connectivity index (χ2n) is 8.63. The number of aryl methyl sites for hydroxylation is 2. The number of benzene rings is 3. The van der Waals surface area contributed by atoms with Gasteiger partial charge in [0.15, 0.2) is 11.0 Å². The normalized spacial score (nSPS) is 16.5. The number of hydrogen-bond donors (Lipinski definition) is 1. The van der Waals surface area contributed by atoms with Crippen LogP contribution in [-0.4, -0.2) is 32.9 Å². The molecule has 7 heteroatoms. The maximum absolute atomic E-state index is 13.3. The molecule has 1 atom stereocenters. The molecular weight excluding hydrogens is 458 g/mol. The van der Waals surface area contributed by atoms with Crippen LogP contribution >= 0.6 is 11.8 Å². The van der Waals surface area contributed by atoms with Crippen molar-refractivity contribution in [2.24, 2.45) is 4.99 Å². The fourth-order valence-electron chi connectivity index (χ4n) is 3.65. The molecule has 2 amide bonds. The molecule has 35 heavy (non-hydrogen) atoms. The van der Waals surface area contributed by atoms with Gasteiger partial charge in [-0.05, 0) is 62.7 Å².